The van der Waals surface area contributed by atoms with E-state index in [9.17, 15) is 4.79 Å². The van der Waals surface area contributed by atoms with Crippen LogP contribution in [0.2, 0.25) is 0 Å². The molecule has 0 saturated heterocycles. The van der Waals surface area contributed by atoms with Crippen LogP contribution in [0.3, 0.4) is 0 Å². The summed E-state index contributed by atoms with van der Waals surface area (Å²) in [5, 5.41) is 2.75. The van der Waals surface area contributed by atoms with E-state index in [4.69, 9.17) is 4.42 Å². The van der Waals surface area contributed by atoms with E-state index >= 15 is 0 Å². The van der Waals surface area contributed by atoms with E-state index in [0.29, 0.717) is 25.3 Å². The molecule has 0 spiro atoms. The number of nitrogens with zero attached hydrogens (tertiary/aromatic N) is 1. The molecule has 0 unspecified atom stereocenters. The smallest absolute Gasteiger partial charge is 0.226 e. The van der Waals surface area contributed by atoms with E-state index in [1.165, 1.54) is 0 Å². The molecule has 2 aromatic rings. The SMILES string of the molecule is C=CCNC(=O)CCc1nc(-c2ccccc2)oc1C. The quantitative estimate of drug-likeness (QED) is 0.821. The van der Waals surface area contributed by atoms with Gasteiger partial charge in [-0.3, -0.25) is 4.79 Å². The van der Waals surface area contributed by atoms with E-state index in [0.717, 1.165) is 17.0 Å². The fourth-order valence-corrected chi connectivity index (χ4v) is 1.87. The highest BCUT2D eigenvalue weighted by Crippen LogP contribution is 2.21. The van der Waals surface area contributed by atoms with Crippen LogP contribution in [-0.2, 0) is 11.2 Å². The minimum absolute atomic E-state index is 0.00596. The van der Waals surface area contributed by atoms with Crippen molar-refractivity contribution < 1.29 is 9.21 Å². The molecule has 104 valence electrons. The Hall–Kier alpha value is -2.36. The molecular formula is C16H18N2O2. The van der Waals surface area contributed by atoms with Gasteiger partial charge in [-0.15, -0.1) is 6.58 Å². The number of oxazole rings is 1. The van der Waals surface area contributed by atoms with Crippen LogP contribution in [0.5, 0.6) is 0 Å². The van der Waals surface area contributed by atoms with Crippen LogP contribution in [-0.4, -0.2) is 17.4 Å². The van der Waals surface area contributed by atoms with Crippen LogP contribution in [0.15, 0.2) is 47.4 Å². The molecular weight excluding hydrogens is 252 g/mol. The zero-order valence-corrected chi connectivity index (χ0v) is 11.6. The Morgan fingerprint density at radius 2 is 2.15 bits per heavy atom. The van der Waals surface area contributed by atoms with Gasteiger partial charge in [0.2, 0.25) is 11.8 Å². The molecule has 1 aromatic heterocycles. The highest BCUT2D eigenvalue weighted by Gasteiger charge is 2.12. The number of benzene rings is 1. The van der Waals surface area contributed by atoms with Gasteiger partial charge in [0.15, 0.2) is 0 Å². The molecule has 1 heterocycles. The number of hydrogen-bond acceptors (Lipinski definition) is 3. The second-order valence-electron chi connectivity index (χ2n) is 4.48. The van der Waals surface area contributed by atoms with Crippen molar-refractivity contribution in [3.63, 3.8) is 0 Å². The molecule has 4 heteroatoms. The van der Waals surface area contributed by atoms with Crippen LogP contribution in [0.4, 0.5) is 0 Å². The van der Waals surface area contributed by atoms with Crippen molar-refractivity contribution in [2.45, 2.75) is 19.8 Å². The lowest BCUT2D eigenvalue weighted by molar-refractivity contribution is -0.120. The van der Waals surface area contributed by atoms with E-state index in [1.807, 2.05) is 37.3 Å². The normalized spacial score (nSPS) is 10.2. The van der Waals surface area contributed by atoms with Crippen molar-refractivity contribution in [2.75, 3.05) is 6.54 Å². The van der Waals surface area contributed by atoms with Crippen molar-refractivity contribution in [2.24, 2.45) is 0 Å². The van der Waals surface area contributed by atoms with E-state index in [1.54, 1.807) is 6.08 Å². The molecule has 1 amide bonds. The predicted molar refractivity (Wildman–Crippen MR) is 78.2 cm³/mol. The summed E-state index contributed by atoms with van der Waals surface area (Å²) in [4.78, 5) is 16.0. The first-order valence-corrected chi connectivity index (χ1v) is 6.60. The van der Waals surface area contributed by atoms with Gasteiger partial charge < -0.3 is 9.73 Å². The summed E-state index contributed by atoms with van der Waals surface area (Å²) in [7, 11) is 0. The molecule has 0 fully saturated rings. The molecule has 0 saturated carbocycles. The maximum absolute atomic E-state index is 11.5. The van der Waals surface area contributed by atoms with E-state index in [2.05, 4.69) is 16.9 Å². The molecule has 0 atom stereocenters. The Bertz CT molecular complexity index is 588. The molecule has 0 aliphatic heterocycles. The summed E-state index contributed by atoms with van der Waals surface area (Å²) in [6.07, 6.45) is 2.63. The van der Waals surface area contributed by atoms with Gasteiger partial charge in [0.25, 0.3) is 0 Å². The van der Waals surface area contributed by atoms with Crippen LogP contribution in [0, 0.1) is 6.92 Å². The molecule has 0 aliphatic rings. The molecule has 0 bridgehead atoms. The number of nitrogens with one attached hydrogen (secondary N) is 1. The number of rotatable bonds is 6. The number of hydrogen-bond donors (Lipinski definition) is 1. The van der Waals surface area contributed by atoms with Gasteiger partial charge in [0.1, 0.15) is 5.76 Å². The zero-order valence-electron chi connectivity index (χ0n) is 11.6. The molecule has 1 N–H and O–H groups in total. The maximum Gasteiger partial charge on any atom is 0.226 e. The van der Waals surface area contributed by atoms with Gasteiger partial charge >= 0.3 is 0 Å². The average Bonchev–Trinajstić information content (AvgIpc) is 2.85. The van der Waals surface area contributed by atoms with Gasteiger partial charge in [-0.1, -0.05) is 24.3 Å². The fraction of sp³-hybridized carbons (Fsp3) is 0.250. The van der Waals surface area contributed by atoms with Gasteiger partial charge in [0.05, 0.1) is 5.69 Å². The standard InChI is InChI=1S/C16H18N2O2/c1-3-11-17-15(19)10-9-14-12(2)20-16(18-14)13-7-5-4-6-8-13/h3-8H,1,9-11H2,2H3,(H,17,19). The third-order valence-electron chi connectivity index (χ3n) is 2.95. The number of aromatic nitrogens is 1. The lowest BCUT2D eigenvalue weighted by Gasteiger charge is -2.00. The predicted octanol–water partition coefficient (Wildman–Crippen LogP) is 2.88. The summed E-state index contributed by atoms with van der Waals surface area (Å²) in [5.74, 6) is 1.36. The average molecular weight is 270 g/mol. The number of carbonyl (C=O) groups excluding carboxylic acids is 1. The lowest BCUT2D eigenvalue weighted by Crippen LogP contribution is -2.23. The largest absolute Gasteiger partial charge is 0.441 e. The van der Waals surface area contributed by atoms with Gasteiger partial charge in [0, 0.05) is 24.9 Å². The summed E-state index contributed by atoms with van der Waals surface area (Å²) in [6, 6.07) is 9.73. The van der Waals surface area contributed by atoms with Gasteiger partial charge in [-0.2, -0.15) is 0 Å². The summed E-state index contributed by atoms with van der Waals surface area (Å²) >= 11 is 0. The monoisotopic (exact) mass is 270 g/mol. The first-order valence-electron chi connectivity index (χ1n) is 6.60. The third-order valence-corrected chi connectivity index (χ3v) is 2.95. The number of aryl methyl sites for hydroxylation is 2. The van der Waals surface area contributed by atoms with Crippen molar-refractivity contribution in [1.82, 2.24) is 10.3 Å². The number of carbonyl (C=O) groups is 1. The highest BCUT2D eigenvalue weighted by atomic mass is 16.4. The molecule has 1 aromatic carbocycles. The minimum Gasteiger partial charge on any atom is -0.441 e. The second-order valence-corrected chi connectivity index (χ2v) is 4.48. The Kier molecular flexibility index (Phi) is 4.71. The Balaban J connectivity index is 2.01. The second kappa shape index (κ2) is 6.70. The van der Waals surface area contributed by atoms with Crippen LogP contribution in [0.25, 0.3) is 11.5 Å². The molecule has 0 aliphatic carbocycles. The highest BCUT2D eigenvalue weighted by molar-refractivity contribution is 5.76. The zero-order chi connectivity index (χ0) is 14.4. The summed E-state index contributed by atoms with van der Waals surface area (Å²) < 4.78 is 5.66. The molecule has 2 rings (SSSR count). The van der Waals surface area contributed by atoms with Crippen LogP contribution < -0.4 is 5.32 Å². The Morgan fingerprint density at radius 3 is 2.85 bits per heavy atom. The van der Waals surface area contributed by atoms with Crippen molar-refractivity contribution >= 4 is 5.91 Å². The van der Waals surface area contributed by atoms with Gasteiger partial charge in [-0.05, 0) is 19.1 Å². The van der Waals surface area contributed by atoms with Gasteiger partial charge in [-0.25, -0.2) is 4.98 Å². The lowest BCUT2D eigenvalue weighted by atomic mass is 10.2. The van der Waals surface area contributed by atoms with Crippen LogP contribution >= 0.6 is 0 Å². The van der Waals surface area contributed by atoms with E-state index < -0.39 is 0 Å². The summed E-state index contributed by atoms with van der Waals surface area (Å²) in [6.45, 7) is 5.92. The molecule has 4 nitrogen and oxygen atoms in total. The summed E-state index contributed by atoms with van der Waals surface area (Å²) in [5.41, 5.74) is 1.77. The van der Waals surface area contributed by atoms with Crippen molar-refractivity contribution in [1.29, 1.82) is 0 Å². The fourth-order valence-electron chi connectivity index (χ4n) is 1.87. The minimum atomic E-state index is -0.00596. The third kappa shape index (κ3) is 3.57. The van der Waals surface area contributed by atoms with E-state index in [-0.39, 0.29) is 5.91 Å². The van der Waals surface area contributed by atoms with Crippen molar-refractivity contribution in [3.05, 3.63) is 54.4 Å². The molecule has 0 radical (unpaired) electrons. The number of amides is 1. The Morgan fingerprint density at radius 1 is 1.40 bits per heavy atom. The van der Waals surface area contributed by atoms with Crippen LogP contribution in [0.1, 0.15) is 17.9 Å². The van der Waals surface area contributed by atoms with Crippen molar-refractivity contribution in [3.8, 4) is 11.5 Å². The Labute approximate surface area is 118 Å². The maximum atomic E-state index is 11.5. The molecule has 20 heavy (non-hydrogen) atoms. The first kappa shape index (κ1) is 14.1. The topological polar surface area (TPSA) is 55.1 Å². The first-order chi connectivity index (χ1) is 9.70.